The van der Waals surface area contributed by atoms with Crippen LogP contribution in [0, 0.1) is 13.8 Å². The number of carbonyl (C=O) groups is 1. The van der Waals surface area contributed by atoms with Gasteiger partial charge in [0, 0.05) is 11.5 Å². The number of aryl methyl sites for hydroxylation is 2. The molecule has 3 aromatic carbocycles. The van der Waals surface area contributed by atoms with Crippen LogP contribution < -0.4 is 4.31 Å². The molecular weight excluding hydrogens is 394 g/mol. The van der Waals surface area contributed by atoms with Gasteiger partial charge < -0.3 is 0 Å². The van der Waals surface area contributed by atoms with Crippen molar-refractivity contribution in [2.24, 2.45) is 0 Å². The molecule has 30 heavy (non-hydrogen) atoms. The summed E-state index contributed by atoms with van der Waals surface area (Å²) in [6.45, 7) is 7.76. The Labute approximate surface area is 177 Å². The number of carbonyl (C=O) groups excluding carboxylic acids is 1. The van der Waals surface area contributed by atoms with Crippen LogP contribution in [0.25, 0.3) is 0 Å². The quantitative estimate of drug-likeness (QED) is 0.432. The minimum Gasteiger partial charge on any atom is -0.292 e. The summed E-state index contributed by atoms with van der Waals surface area (Å²) in [7, 11) is -3.96. The van der Waals surface area contributed by atoms with E-state index < -0.39 is 22.0 Å². The Kier molecular flexibility index (Phi) is 5.08. The first kappa shape index (κ1) is 20.1. The molecule has 1 aliphatic rings. The van der Waals surface area contributed by atoms with Gasteiger partial charge in [-0.1, -0.05) is 71.8 Å². The Balaban J connectivity index is 1.90. The van der Waals surface area contributed by atoms with Crippen LogP contribution in [-0.2, 0) is 10.0 Å². The second-order valence-corrected chi connectivity index (χ2v) is 9.42. The number of benzene rings is 3. The number of fused-ring (bicyclic) bond motifs is 1. The maximum absolute atomic E-state index is 13.7. The van der Waals surface area contributed by atoms with Crippen molar-refractivity contribution >= 4 is 21.5 Å². The molecule has 5 heteroatoms. The minimum atomic E-state index is -3.96. The third-order valence-electron chi connectivity index (χ3n) is 5.56. The van der Waals surface area contributed by atoms with Crippen LogP contribution in [0.3, 0.4) is 0 Å². The van der Waals surface area contributed by atoms with E-state index >= 15 is 0 Å². The lowest BCUT2D eigenvalue weighted by atomic mass is 9.90. The summed E-state index contributed by atoms with van der Waals surface area (Å²) in [5.74, 6) is -0.679. The average molecular weight is 418 g/mol. The molecule has 0 bridgehead atoms. The highest BCUT2D eigenvalue weighted by molar-refractivity contribution is 7.93. The Morgan fingerprint density at radius 3 is 2.07 bits per heavy atom. The van der Waals surface area contributed by atoms with E-state index in [1.54, 1.807) is 54.6 Å². The first-order valence-corrected chi connectivity index (χ1v) is 11.2. The van der Waals surface area contributed by atoms with Gasteiger partial charge in [-0.25, -0.2) is 8.42 Å². The molecule has 0 fully saturated rings. The molecule has 4 rings (SSSR count). The predicted molar refractivity (Wildman–Crippen MR) is 120 cm³/mol. The monoisotopic (exact) mass is 417 g/mol. The molecule has 1 heterocycles. The fourth-order valence-corrected chi connectivity index (χ4v) is 5.61. The third-order valence-corrected chi connectivity index (χ3v) is 7.37. The van der Waals surface area contributed by atoms with Crippen LogP contribution in [0.1, 0.15) is 33.0 Å². The zero-order valence-electron chi connectivity index (χ0n) is 16.9. The lowest BCUT2D eigenvalue weighted by molar-refractivity contribution is 0.0961. The van der Waals surface area contributed by atoms with Crippen LogP contribution >= 0.6 is 0 Å². The smallest absolute Gasteiger partial charge is 0.265 e. The van der Waals surface area contributed by atoms with Gasteiger partial charge in [0.05, 0.1) is 10.6 Å². The van der Waals surface area contributed by atoms with E-state index in [1.165, 1.54) is 4.31 Å². The van der Waals surface area contributed by atoms with Crippen molar-refractivity contribution in [1.82, 2.24) is 0 Å². The number of hydrogen-bond donors (Lipinski definition) is 0. The summed E-state index contributed by atoms with van der Waals surface area (Å²) in [6, 6.07) is 20.2. The normalized spacial score (nSPS) is 18.1. The standard InChI is InChI=1S/C25H23NO3S/c1-4-21-22-7-5-6-8-23(22)26(30(28,29)20-15-11-18(3)12-16-20)24(21)25(27)19-13-9-17(2)10-14-19/h4-16,21,24H,1H2,2-3H3/t21-,24-/m1/s1. The van der Waals surface area contributed by atoms with Crippen LogP contribution in [-0.4, -0.2) is 20.2 Å². The van der Waals surface area contributed by atoms with E-state index in [4.69, 9.17) is 0 Å². The van der Waals surface area contributed by atoms with Gasteiger partial charge in [0.1, 0.15) is 6.04 Å². The van der Waals surface area contributed by atoms with Crippen molar-refractivity contribution in [2.45, 2.75) is 30.7 Å². The van der Waals surface area contributed by atoms with E-state index in [0.717, 1.165) is 16.7 Å². The molecule has 0 radical (unpaired) electrons. The molecule has 0 N–H and O–H groups in total. The van der Waals surface area contributed by atoms with Crippen LogP contribution in [0.2, 0.25) is 0 Å². The minimum absolute atomic E-state index is 0.161. The fraction of sp³-hybridized carbons (Fsp3) is 0.160. The van der Waals surface area contributed by atoms with Crippen molar-refractivity contribution in [3.8, 4) is 0 Å². The molecule has 0 aliphatic carbocycles. The van der Waals surface area contributed by atoms with Crippen molar-refractivity contribution in [1.29, 1.82) is 0 Å². The van der Waals surface area contributed by atoms with Gasteiger partial charge in [0.2, 0.25) is 0 Å². The van der Waals surface area contributed by atoms with Gasteiger partial charge in [-0.3, -0.25) is 9.10 Å². The molecule has 152 valence electrons. The maximum atomic E-state index is 13.7. The zero-order valence-corrected chi connectivity index (χ0v) is 17.8. The maximum Gasteiger partial charge on any atom is 0.265 e. The molecule has 0 saturated heterocycles. The zero-order chi connectivity index (χ0) is 21.5. The molecule has 0 spiro atoms. The lowest BCUT2D eigenvalue weighted by Crippen LogP contribution is -2.44. The van der Waals surface area contributed by atoms with Gasteiger partial charge in [-0.2, -0.15) is 0 Å². The number of sulfonamides is 1. The molecule has 2 atom stereocenters. The number of rotatable bonds is 5. The Morgan fingerprint density at radius 2 is 1.47 bits per heavy atom. The highest BCUT2D eigenvalue weighted by Gasteiger charge is 2.47. The molecule has 0 saturated carbocycles. The summed E-state index contributed by atoms with van der Waals surface area (Å²) in [5.41, 5.74) is 3.79. The van der Waals surface area contributed by atoms with Crippen molar-refractivity contribution in [2.75, 3.05) is 4.31 Å². The predicted octanol–water partition coefficient (Wildman–Crippen LogP) is 5.03. The number of Topliss-reactive ketones (excluding diaryl/α,β-unsaturated/α-hetero) is 1. The van der Waals surface area contributed by atoms with Crippen molar-refractivity contribution in [3.63, 3.8) is 0 Å². The Bertz CT molecular complexity index is 1210. The van der Waals surface area contributed by atoms with Crippen LogP contribution in [0.4, 0.5) is 5.69 Å². The number of ketones is 1. The van der Waals surface area contributed by atoms with Gasteiger partial charge in [0.15, 0.2) is 5.78 Å². The Hall–Kier alpha value is -3.18. The highest BCUT2D eigenvalue weighted by Crippen LogP contribution is 2.45. The number of nitrogens with zero attached hydrogens (tertiary/aromatic N) is 1. The van der Waals surface area contributed by atoms with E-state index in [2.05, 4.69) is 6.58 Å². The van der Waals surface area contributed by atoms with Gasteiger partial charge in [0.25, 0.3) is 10.0 Å². The fourth-order valence-electron chi connectivity index (χ4n) is 3.95. The molecular formula is C25H23NO3S. The number of para-hydroxylation sites is 1. The van der Waals surface area contributed by atoms with E-state index in [1.807, 2.05) is 38.1 Å². The van der Waals surface area contributed by atoms with Crippen molar-refractivity contribution < 1.29 is 13.2 Å². The second kappa shape index (κ2) is 7.58. The molecule has 0 aromatic heterocycles. The third kappa shape index (κ3) is 3.25. The topological polar surface area (TPSA) is 54.5 Å². The molecule has 0 unspecified atom stereocenters. The van der Waals surface area contributed by atoms with Crippen LogP contribution in [0.5, 0.6) is 0 Å². The summed E-state index contributed by atoms with van der Waals surface area (Å²) in [5, 5.41) is 0. The molecule has 0 amide bonds. The van der Waals surface area contributed by atoms with Crippen LogP contribution in [0.15, 0.2) is 90.3 Å². The highest BCUT2D eigenvalue weighted by atomic mass is 32.2. The summed E-state index contributed by atoms with van der Waals surface area (Å²) >= 11 is 0. The van der Waals surface area contributed by atoms with Crippen molar-refractivity contribution in [3.05, 3.63) is 108 Å². The lowest BCUT2D eigenvalue weighted by Gasteiger charge is -2.28. The second-order valence-electron chi connectivity index (χ2n) is 7.61. The molecule has 3 aromatic rings. The first-order chi connectivity index (χ1) is 14.3. The van der Waals surface area contributed by atoms with Gasteiger partial charge in [-0.15, -0.1) is 6.58 Å². The SMILES string of the molecule is C=C[C@@H]1c2ccccc2N(S(=O)(=O)c2ccc(C)cc2)[C@H]1C(=O)c1ccc(C)cc1. The number of anilines is 1. The first-order valence-electron chi connectivity index (χ1n) is 9.78. The average Bonchev–Trinajstić information content (AvgIpc) is 3.09. The summed E-state index contributed by atoms with van der Waals surface area (Å²) in [4.78, 5) is 13.7. The number of hydrogen-bond acceptors (Lipinski definition) is 3. The van der Waals surface area contributed by atoms with Gasteiger partial charge >= 0.3 is 0 Å². The largest absolute Gasteiger partial charge is 0.292 e. The summed E-state index contributed by atoms with van der Waals surface area (Å²) in [6.07, 6.45) is 1.67. The van der Waals surface area contributed by atoms with E-state index in [9.17, 15) is 13.2 Å². The van der Waals surface area contributed by atoms with Gasteiger partial charge in [-0.05, 0) is 37.6 Å². The van der Waals surface area contributed by atoms with E-state index in [0.29, 0.717) is 11.3 Å². The van der Waals surface area contributed by atoms with E-state index in [-0.39, 0.29) is 10.7 Å². The molecule has 4 nitrogen and oxygen atoms in total. The summed E-state index contributed by atoms with van der Waals surface area (Å²) < 4.78 is 28.7. The Morgan fingerprint density at radius 1 is 0.900 bits per heavy atom. The molecule has 1 aliphatic heterocycles.